The molecule has 0 spiro atoms. The molecule has 0 aliphatic heterocycles. The Morgan fingerprint density at radius 3 is 2.93 bits per heavy atom. The lowest BCUT2D eigenvalue weighted by Crippen LogP contribution is -2.25. The van der Waals surface area contributed by atoms with Gasteiger partial charge in [0.1, 0.15) is 10.5 Å². The van der Waals surface area contributed by atoms with Crippen molar-refractivity contribution in [3.05, 3.63) is 49.7 Å². The standard InChI is InChI=1S/C17H16FN7OS2/c1-8-12(21-7-27-8)6-25-17(26)14-9(5-22-25)15-16(24(14)2)23-13(28-15)3-11(20)10(18)4-19/h4-5,7,20H,3,6,19H2,1-2H3/b10-4+,20-11?. The number of thiazole rings is 2. The molecule has 0 saturated carbocycles. The van der Waals surface area contributed by atoms with Crippen LogP contribution in [0.4, 0.5) is 4.39 Å². The van der Waals surface area contributed by atoms with Gasteiger partial charge in [-0.2, -0.15) is 5.10 Å². The highest BCUT2D eigenvalue weighted by atomic mass is 32.1. The Hall–Kier alpha value is -2.92. The first kappa shape index (κ1) is 18.4. The molecule has 8 nitrogen and oxygen atoms in total. The van der Waals surface area contributed by atoms with Crippen LogP contribution in [-0.4, -0.2) is 30.0 Å². The molecule has 0 bridgehead atoms. The Bertz CT molecular complexity index is 1310. The van der Waals surface area contributed by atoms with Gasteiger partial charge in [0, 0.05) is 29.9 Å². The molecule has 4 rings (SSSR count). The summed E-state index contributed by atoms with van der Waals surface area (Å²) >= 11 is 2.85. The first-order valence-electron chi connectivity index (χ1n) is 8.28. The van der Waals surface area contributed by atoms with E-state index in [-0.39, 0.29) is 17.7 Å². The van der Waals surface area contributed by atoms with E-state index in [9.17, 15) is 9.18 Å². The van der Waals surface area contributed by atoms with Crippen LogP contribution >= 0.6 is 22.7 Å². The van der Waals surface area contributed by atoms with Crippen LogP contribution in [0.3, 0.4) is 0 Å². The average molecular weight is 417 g/mol. The minimum atomic E-state index is -0.772. The number of halogens is 1. The van der Waals surface area contributed by atoms with Gasteiger partial charge >= 0.3 is 0 Å². The molecule has 0 aromatic carbocycles. The van der Waals surface area contributed by atoms with Crippen molar-refractivity contribution in [2.45, 2.75) is 19.9 Å². The number of fused-ring (bicyclic) bond motifs is 3. The summed E-state index contributed by atoms with van der Waals surface area (Å²) in [6.07, 6.45) is 2.45. The van der Waals surface area contributed by atoms with Crippen molar-refractivity contribution in [1.29, 1.82) is 5.41 Å². The van der Waals surface area contributed by atoms with E-state index in [1.807, 2.05) is 6.92 Å². The number of rotatable bonds is 5. The number of nitrogens with two attached hydrogens (primary N) is 1. The molecule has 0 fully saturated rings. The van der Waals surface area contributed by atoms with Crippen molar-refractivity contribution in [1.82, 2.24) is 24.3 Å². The normalized spacial score (nSPS) is 12.3. The summed E-state index contributed by atoms with van der Waals surface area (Å²) in [5.74, 6) is -0.772. The third kappa shape index (κ3) is 2.92. The van der Waals surface area contributed by atoms with Gasteiger partial charge in [-0.15, -0.1) is 22.7 Å². The Kier molecular flexibility index (Phi) is 4.55. The summed E-state index contributed by atoms with van der Waals surface area (Å²) in [6, 6.07) is 0. The van der Waals surface area contributed by atoms with E-state index in [4.69, 9.17) is 11.1 Å². The molecule has 0 amide bonds. The highest BCUT2D eigenvalue weighted by Crippen LogP contribution is 2.31. The van der Waals surface area contributed by atoms with E-state index < -0.39 is 5.83 Å². The van der Waals surface area contributed by atoms with Crippen LogP contribution in [0.1, 0.15) is 15.6 Å². The predicted molar refractivity (Wildman–Crippen MR) is 109 cm³/mol. The van der Waals surface area contributed by atoms with Crippen molar-refractivity contribution in [3.63, 3.8) is 0 Å². The fourth-order valence-corrected chi connectivity index (χ4v) is 4.69. The monoisotopic (exact) mass is 417 g/mol. The molecule has 0 atom stereocenters. The SMILES string of the molecule is Cc1scnc1Cn1ncc2c3sc(CC(=N)/C(F)=C\N)nc3n(C)c2c1=O. The molecule has 0 aliphatic rings. The van der Waals surface area contributed by atoms with Gasteiger partial charge < -0.3 is 15.7 Å². The molecule has 144 valence electrons. The number of hydrogen-bond acceptors (Lipinski definition) is 8. The fourth-order valence-electron chi connectivity index (χ4n) is 2.98. The predicted octanol–water partition coefficient (Wildman–Crippen LogP) is 2.49. The van der Waals surface area contributed by atoms with Gasteiger partial charge in [-0.3, -0.25) is 4.79 Å². The van der Waals surface area contributed by atoms with Gasteiger partial charge in [0.2, 0.25) is 0 Å². The van der Waals surface area contributed by atoms with Crippen LogP contribution in [0.15, 0.2) is 28.5 Å². The number of aryl methyl sites for hydroxylation is 2. The molecular formula is C17H16FN7OS2. The molecule has 4 aromatic rings. The highest BCUT2D eigenvalue weighted by Gasteiger charge is 2.19. The number of allylic oxidation sites excluding steroid dienone is 1. The van der Waals surface area contributed by atoms with Gasteiger partial charge in [-0.1, -0.05) is 0 Å². The minimum absolute atomic E-state index is 0.0357. The van der Waals surface area contributed by atoms with Crippen LogP contribution in [0.5, 0.6) is 0 Å². The van der Waals surface area contributed by atoms with Crippen molar-refractivity contribution in [3.8, 4) is 0 Å². The van der Waals surface area contributed by atoms with Crippen molar-refractivity contribution in [2.24, 2.45) is 12.8 Å². The van der Waals surface area contributed by atoms with Crippen LogP contribution in [-0.2, 0) is 20.0 Å². The lowest BCUT2D eigenvalue weighted by atomic mass is 10.2. The summed E-state index contributed by atoms with van der Waals surface area (Å²) in [5.41, 5.74) is 8.36. The maximum absolute atomic E-state index is 13.4. The summed E-state index contributed by atoms with van der Waals surface area (Å²) in [5, 5.41) is 13.3. The highest BCUT2D eigenvalue weighted by molar-refractivity contribution is 7.19. The van der Waals surface area contributed by atoms with Gasteiger partial charge in [-0.25, -0.2) is 19.0 Å². The van der Waals surface area contributed by atoms with Crippen molar-refractivity contribution < 1.29 is 4.39 Å². The number of hydrogen-bond donors (Lipinski definition) is 2. The van der Waals surface area contributed by atoms with Gasteiger partial charge in [0.15, 0.2) is 11.5 Å². The molecule has 0 saturated heterocycles. The Balaban J connectivity index is 1.78. The average Bonchev–Trinajstić information content (AvgIpc) is 3.34. The van der Waals surface area contributed by atoms with Crippen molar-refractivity contribution >= 4 is 49.6 Å². The largest absolute Gasteiger partial charge is 0.402 e. The topological polar surface area (TPSA) is 115 Å². The third-order valence-electron chi connectivity index (χ3n) is 4.48. The van der Waals surface area contributed by atoms with Crippen LogP contribution in [0.25, 0.3) is 21.3 Å². The molecule has 11 heteroatoms. The fraction of sp³-hybridized carbons (Fsp3) is 0.235. The Morgan fingerprint density at radius 1 is 1.46 bits per heavy atom. The summed E-state index contributed by atoms with van der Waals surface area (Å²) in [4.78, 5) is 22.8. The van der Waals surface area contributed by atoms with E-state index in [2.05, 4.69) is 15.1 Å². The molecule has 0 unspecified atom stereocenters. The molecule has 3 N–H and O–H groups in total. The third-order valence-corrected chi connectivity index (χ3v) is 6.35. The van der Waals surface area contributed by atoms with E-state index in [0.717, 1.165) is 21.5 Å². The zero-order valence-electron chi connectivity index (χ0n) is 15.1. The second-order valence-corrected chi connectivity index (χ2v) is 8.36. The Labute approximate surface area is 166 Å². The summed E-state index contributed by atoms with van der Waals surface area (Å²) in [7, 11) is 1.76. The molecule has 4 aromatic heterocycles. The zero-order chi connectivity index (χ0) is 20.0. The number of nitrogens with one attached hydrogen (secondary N) is 1. The van der Waals surface area contributed by atoms with E-state index in [1.165, 1.54) is 27.4 Å². The summed E-state index contributed by atoms with van der Waals surface area (Å²) in [6.45, 7) is 2.27. The molecule has 0 aliphatic carbocycles. The minimum Gasteiger partial charge on any atom is -0.402 e. The lowest BCUT2D eigenvalue weighted by Gasteiger charge is -2.04. The second-order valence-electron chi connectivity index (χ2n) is 6.21. The van der Waals surface area contributed by atoms with Crippen LogP contribution in [0, 0.1) is 12.3 Å². The first-order valence-corrected chi connectivity index (χ1v) is 9.98. The number of aromatic nitrogens is 5. The van der Waals surface area contributed by atoms with Gasteiger partial charge in [0.05, 0.1) is 34.4 Å². The van der Waals surface area contributed by atoms with Crippen LogP contribution < -0.4 is 11.3 Å². The number of nitrogens with zero attached hydrogens (tertiary/aromatic N) is 5. The maximum Gasteiger partial charge on any atom is 0.291 e. The smallest absolute Gasteiger partial charge is 0.291 e. The molecular weight excluding hydrogens is 401 g/mol. The van der Waals surface area contributed by atoms with E-state index >= 15 is 0 Å². The lowest BCUT2D eigenvalue weighted by molar-refractivity contribution is 0.633. The quantitative estimate of drug-likeness (QED) is 0.484. The van der Waals surface area contributed by atoms with Gasteiger partial charge in [-0.05, 0) is 6.92 Å². The molecule has 0 radical (unpaired) electrons. The Morgan fingerprint density at radius 2 is 2.25 bits per heavy atom. The van der Waals surface area contributed by atoms with Crippen molar-refractivity contribution in [2.75, 3.05) is 0 Å². The molecule has 28 heavy (non-hydrogen) atoms. The summed E-state index contributed by atoms with van der Waals surface area (Å²) < 4.78 is 17.3. The van der Waals surface area contributed by atoms with E-state index in [0.29, 0.717) is 28.1 Å². The maximum atomic E-state index is 13.4. The first-order chi connectivity index (χ1) is 13.4. The van der Waals surface area contributed by atoms with Gasteiger partial charge in [0.25, 0.3) is 5.56 Å². The van der Waals surface area contributed by atoms with E-state index in [1.54, 1.807) is 23.3 Å². The zero-order valence-corrected chi connectivity index (χ0v) is 16.7. The second kappa shape index (κ2) is 6.91. The molecule has 4 heterocycles. The van der Waals surface area contributed by atoms with Crippen LogP contribution in [0.2, 0.25) is 0 Å².